The van der Waals surface area contributed by atoms with Crippen LogP contribution in [0.4, 0.5) is 0 Å². The Bertz CT molecular complexity index is 771. The monoisotopic (exact) mass is 343 g/mol. The average Bonchev–Trinajstić information content (AvgIpc) is 2.62. The minimum Gasteiger partial charge on any atom is -0.479 e. The first-order chi connectivity index (χ1) is 12.1. The molecule has 6 heteroatoms. The van der Waals surface area contributed by atoms with Gasteiger partial charge in [-0.15, -0.1) is 0 Å². The number of morpholine rings is 1. The topological polar surface area (TPSA) is 69.0 Å². The summed E-state index contributed by atoms with van der Waals surface area (Å²) < 4.78 is 16.5. The maximum atomic E-state index is 12.0. The zero-order valence-corrected chi connectivity index (χ0v) is 14.1. The third kappa shape index (κ3) is 4.78. The Morgan fingerprint density at radius 3 is 2.84 bits per heavy atom. The third-order valence-electron chi connectivity index (χ3n) is 3.98. The molecule has 1 aromatic carbocycles. The number of benzene rings is 1. The van der Waals surface area contributed by atoms with Crippen LogP contribution in [0.25, 0.3) is 0 Å². The van der Waals surface area contributed by atoms with Crippen LogP contribution in [0.15, 0.2) is 51.9 Å². The zero-order valence-electron chi connectivity index (χ0n) is 14.1. The third-order valence-corrected chi connectivity index (χ3v) is 3.98. The first-order valence-corrected chi connectivity index (χ1v) is 8.24. The molecule has 132 valence electrons. The van der Waals surface area contributed by atoms with Gasteiger partial charge in [-0.2, -0.15) is 0 Å². The van der Waals surface area contributed by atoms with Crippen molar-refractivity contribution in [3.8, 4) is 5.75 Å². The van der Waals surface area contributed by atoms with Gasteiger partial charge in [0.15, 0.2) is 5.78 Å². The first kappa shape index (κ1) is 17.4. The van der Waals surface area contributed by atoms with Crippen LogP contribution < -0.4 is 10.2 Å². The van der Waals surface area contributed by atoms with Crippen LogP contribution in [0.5, 0.6) is 5.75 Å². The second kappa shape index (κ2) is 8.09. The molecule has 1 fully saturated rings. The lowest BCUT2D eigenvalue weighted by molar-refractivity contribution is -0.118. The molecule has 1 unspecified atom stereocenters. The number of ketones is 1. The van der Waals surface area contributed by atoms with Crippen LogP contribution in [-0.4, -0.2) is 37.0 Å². The van der Waals surface area contributed by atoms with Crippen molar-refractivity contribution in [1.82, 2.24) is 4.90 Å². The molecule has 1 atom stereocenters. The van der Waals surface area contributed by atoms with Gasteiger partial charge in [-0.1, -0.05) is 30.3 Å². The molecule has 3 rings (SSSR count). The van der Waals surface area contributed by atoms with Crippen molar-refractivity contribution in [3.63, 3.8) is 0 Å². The number of carbonyl (C=O) groups excluding carboxylic acids is 1. The molecule has 2 aromatic rings. The molecule has 0 aliphatic carbocycles. The molecule has 1 aromatic heterocycles. The van der Waals surface area contributed by atoms with Gasteiger partial charge in [0.2, 0.25) is 11.2 Å². The van der Waals surface area contributed by atoms with Crippen LogP contribution >= 0.6 is 0 Å². The summed E-state index contributed by atoms with van der Waals surface area (Å²) in [4.78, 5) is 25.2. The van der Waals surface area contributed by atoms with Gasteiger partial charge in [0.1, 0.15) is 18.6 Å². The summed E-state index contributed by atoms with van der Waals surface area (Å²) in [5, 5.41) is 0. The van der Waals surface area contributed by atoms with Gasteiger partial charge in [-0.05, 0) is 12.5 Å². The normalized spacial score (nSPS) is 18.0. The highest BCUT2D eigenvalue weighted by Gasteiger charge is 2.22. The number of rotatable bonds is 6. The second-order valence-corrected chi connectivity index (χ2v) is 6.07. The van der Waals surface area contributed by atoms with E-state index in [2.05, 4.69) is 17.0 Å². The summed E-state index contributed by atoms with van der Waals surface area (Å²) in [6.07, 6.45) is 1.29. The number of hydrogen-bond donors (Lipinski definition) is 0. The van der Waals surface area contributed by atoms with Gasteiger partial charge < -0.3 is 13.9 Å². The van der Waals surface area contributed by atoms with E-state index >= 15 is 0 Å². The fourth-order valence-corrected chi connectivity index (χ4v) is 2.74. The van der Waals surface area contributed by atoms with Crippen molar-refractivity contribution >= 4 is 5.78 Å². The van der Waals surface area contributed by atoms with E-state index in [9.17, 15) is 9.59 Å². The maximum absolute atomic E-state index is 12.0. The van der Waals surface area contributed by atoms with Gasteiger partial charge in [-0.3, -0.25) is 14.5 Å². The Kier molecular flexibility index (Phi) is 5.63. The Hall–Kier alpha value is -2.44. The number of ether oxygens (including phenoxy) is 2. The van der Waals surface area contributed by atoms with Crippen LogP contribution in [-0.2, 0) is 16.1 Å². The van der Waals surface area contributed by atoms with E-state index < -0.39 is 0 Å². The smallest absolute Gasteiger partial charge is 0.227 e. The Morgan fingerprint density at radius 2 is 2.12 bits per heavy atom. The lowest BCUT2D eigenvalue weighted by Gasteiger charge is -2.32. The van der Waals surface area contributed by atoms with Gasteiger partial charge in [-0.25, -0.2) is 0 Å². The van der Waals surface area contributed by atoms with Gasteiger partial charge in [0.05, 0.1) is 19.3 Å². The quantitative estimate of drug-likeness (QED) is 0.801. The number of carbonyl (C=O) groups is 1. The average molecular weight is 343 g/mol. The summed E-state index contributed by atoms with van der Waals surface area (Å²) in [6.45, 7) is 3.92. The number of hydrogen-bond acceptors (Lipinski definition) is 6. The van der Waals surface area contributed by atoms with E-state index in [0.29, 0.717) is 18.9 Å². The van der Waals surface area contributed by atoms with Crippen molar-refractivity contribution in [2.45, 2.75) is 19.6 Å². The van der Waals surface area contributed by atoms with Crippen LogP contribution in [0.1, 0.15) is 24.4 Å². The molecular weight excluding hydrogens is 322 g/mol. The molecule has 1 saturated heterocycles. The minimum absolute atomic E-state index is 0.0137. The van der Waals surface area contributed by atoms with Crippen molar-refractivity contribution < 1.29 is 18.7 Å². The molecule has 0 spiro atoms. The van der Waals surface area contributed by atoms with E-state index in [0.717, 1.165) is 18.7 Å². The van der Waals surface area contributed by atoms with Gasteiger partial charge >= 0.3 is 0 Å². The Labute approximate surface area is 146 Å². The standard InChI is InChI=1S/C19H21NO5/c1-14(21)12-25-19-13-24-16(9-17(19)22)10-20-7-8-23-18(11-20)15-5-3-2-4-6-15/h2-6,9,13,18H,7-8,10-12H2,1H3. The second-order valence-electron chi connectivity index (χ2n) is 6.07. The van der Waals surface area contributed by atoms with E-state index in [1.165, 1.54) is 19.3 Å². The molecular formula is C19H21NO5. The summed E-state index contributed by atoms with van der Waals surface area (Å²) >= 11 is 0. The van der Waals surface area contributed by atoms with Gasteiger partial charge in [0, 0.05) is 19.2 Å². The molecule has 2 heterocycles. The SMILES string of the molecule is CC(=O)COc1coc(CN2CCOC(c3ccccc3)C2)cc1=O. The van der Waals surface area contributed by atoms with Crippen molar-refractivity contribution in [1.29, 1.82) is 0 Å². The number of Topliss-reactive ketones (excluding diaryl/α,β-unsaturated/α-hetero) is 1. The highest BCUT2D eigenvalue weighted by Crippen LogP contribution is 2.23. The summed E-state index contributed by atoms with van der Waals surface area (Å²) in [5.74, 6) is 0.473. The van der Waals surface area contributed by atoms with Crippen LogP contribution in [0, 0.1) is 0 Å². The first-order valence-electron chi connectivity index (χ1n) is 8.24. The van der Waals surface area contributed by atoms with E-state index in [1.807, 2.05) is 18.2 Å². The van der Waals surface area contributed by atoms with Crippen LogP contribution in [0.3, 0.4) is 0 Å². The van der Waals surface area contributed by atoms with Crippen molar-refractivity contribution in [3.05, 3.63) is 64.2 Å². The Morgan fingerprint density at radius 1 is 1.32 bits per heavy atom. The lowest BCUT2D eigenvalue weighted by atomic mass is 10.1. The molecule has 0 amide bonds. The maximum Gasteiger partial charge on any atom is 0.227 e. The largest absolute Gasteiger partial charge is 0.479 e. The highest BCUT2D eigenvalue weighted by molar-refractivity contribution is 5.77. The molecule has 0 saturated carbocycles. The summed E-state index contributed by atoms with van der Waals surface area (Å²) in [6, 6.07) is 11.5. The molecule has 25 heavy (non-hydrogen) atoms. The van der Waals surface area contributed by atoms with Gasteiger partial charge in [0.25, 0.3) is 0 Å². The lowest BCUT2D eigenvalue weighted by Crippen LogP contribution is -2.37. The predicted octanol–water partition coefficient (Wildman–Crippen LogP) is 2.18. The fourth-order valence-electron chi connectivity index (χ4n) is 2.74. The predicted molar refractivity (Wildman–Crippen MR) is 91.6 cm³/mol. The van der Waals surface area contributed by atoms with E-state index in [-0.39, 0.29) is 29.7 Å². The molecule has 1 aliphatic rings. The number of nitrogens with zero attached hydrogens (tertiary/aromatic N) is 1. The molecule has 0 N–H and O–H groups in total. The van der Waals surface area contributed by atoms with Crippen LogP contribution in [0.2, 0.25) is 0 Å². The zero-order chi connectivity index (χ0) is 17.6. The van der Waals surface area contributed by atoms with E-state index in [1.54, 1.807) is 0 Å². The van der Waals surface area contributed by atoms with Crippen molar-refractivity contribution in [2.24, 2.45) is 0 Å². The molecule has 0 bridgehead atoms. The molecule has 1 aliphatic heterocycles. The summed E-state index contributed by atoms with van der Waals surface area (Å²) in [5.41, 5.74) is 0.858. The van der Waals surface area contributed by atoms with Crippen molar-refractivity contribution in [2.75, 3.05) is 26.3 Å². The minimum atomic E-state index is -0.282. The highest BCUT2D eigenvalue weighted by atomic mass is 16.5. The fraction of sp³-hybridized carbons (Fsp3) is 0.368. The molecule has 0 radical (unpaired) electrons. The molecule has 6 nitrogen and oxygen atoms in total. The summed E-state index contributed by atoms with van der Waals surface area (Å²) in [7, 11) is 0. The van der Waals surface area contributed by atoms with E-state index in [4.69, 9.17) is 13.9 Å². The Balaban J connectivity index is 1.63.